The summed E-state index contributed by atoms with van der Waals surface area (Å²) in [4.78, 5) is 39.3. The van der Waals surface area contributed by atoms with Crippen LogP contribution in [-0.2, 0) is 9.59 Å². The number of carbonyl (C=O) groups excluding carboxylic acids is 3. The molecule has 2 amide bonds. The molecule has 0 saturated carbocycles. The number of amides is 2. The number of rotatable bonds is 5. The van der Waals surface area contributed by atoms with Gasteiger partial charge in [0.1, 0.15) is 5.75 Å². The molecule has 1 heterocycles. The molecule has 0 N–H and O–H groups in total. The smallest absolute Gasteiger partial charge is 0.238 e. The van der Waals surface area contributed by atoms with Crippen LogP contribution in [0.4, 0.5) is 5.69 Å². The van der Waals surface area contributed by atoms with Gasteiger partial charge in [-0.3, -0.25) is 14.4 Å². The lowest BCUT2D eigenvalue weighted by atomic mass is 9.78. The second-order valence-electron chi connectivity index (χ2n) is 7.38. The van der Waals surface area contributed by atoms with E-state index in [1.165, 1.54) is 4.90 Å². The highest BCUT2D eigenvalue weighted by Gasteiger charge is 2.50. The summed E-state index contributed by atoms with van der Waals surface area (Å²) in [7, 11) is 0. The molecule has 0 radical (unpaired) electrons. The molecule has 0 aromatic heterocycles. The number of halogens is 1. The van der Waals surface area contributed by atoms with Gasteiger partial charge in [0.05, 0.1) is 17.5 Å². The number of allylic oxidation sites excluding steroid dienone is 2. The van der Waals surface area contributed by atoms with E-state index in [0.717, 1.165) is 0 Å². The first-order chi connectivity index (χ1) is 14.0. The molecular formula is C23H20ClNO4. The van der Waals surface area contributed by atoms with Gasteiger partial charge in [-0.2, -0.15) is 0 Å². The Kier molecular flexibility index (Phi) is 5.24. The van der Waals surface area contributed by atoms with Gasteiger partial charge in [0.15, 0.2) is 12.4 Å². The van der Waals surface area contributed by atoms with Gasteiger partial charge in [-0.25, -0.2) is 4.90 Å². The zero-order valence-corrected chi connectivity index (χ0v) is 16.6. The third-order valence-corrected chi connectivity index (χ3v) is 5.74. The molecule has 4 rings (SSSR count). The number of nitrogens with zero attached hydrogens (tertiary/aromatic N) is 1. The van der Waals surface area contributed by atoms with Crippen LogP contribution in [0.15, 0.2) is 60.7 Å². The maximum absolute atomic E-state index is 12.9. The molecule has 0 bridgehead atoms. The zero-order valence-electron chi connectivity index (χ0n) is 15.9. The lowest BCUT2D eigenvalue weighted by molar-refractivity contribution is -0.122. The van der Waals surface area contributed by atoms with Crippen LogP contribution in [0, 0.1) is 17.8 Å². The normalized spacial score (nSPS) is 23.2. The van der Waals surface area contributed by atoms with Crippen LogP contribution in [-0.4, -0.2) is 24.2 Å². The Morgan fingerprint density at radius 1 is 1.14 bits per heavy atom. The van der Waals surface area contributed by atoms with E-state index < -0.39 is 0 Å². The van der Waals surface area contributed by atoms with Crippen molar-refractivity contribution in [1.29, 1.82) is 0 Å². The van der Waals surface area contributed by atoms with E-state index >= 15 is 0 Å². The minimum absolute atomic E-state index is 0.0339. The van der Waals surface area contributed by atoms with Gasteiger partial charge in [0.2, 0.25) is 11.8 Å². The molecule has 1 aliphatic carbocycles. The van der Waals surface area contributed by atoms with Crippen molar-refractivity contribution in [2.45, 2.75) is 13.3 Å². The molecule has 148 valence electrons. The maximum atomic E-state index is 12.9. The average Bonchev–Trinajstić information content (AvgIpc) is 2.98. The number of ether oxygens (including phenoxy) is 1. The van der Waals surface area contributed by atoms with Crippen molar-refractivity contribution in [2.24, 2.45) is 17.8 Å². The summed E-state index contributed by atoms with van der Waals surface area (Å²) in [6.07, 6.45) is 4.56. The topological polar surface area (TPSA) is 63.7 Å². The van der Waals surface area contributed by atoms with Crippen molar-refractivity contribution in [3.05, 3.63) is 71.3 Å². The summed E-state index contributed by atoms with van der Waals surface area (Å²) in [6, 6.07) is 13.3. The molecular weight excluding hydrogens is 390 g/mol. The molecule has 2 aromatic rings. The van der Waals surface area contributed by atoms with Crippen molar-refractivity contribution >= 4 is 34.9 Å². The van der Waals surface area contributed by atoms with E-state index in [0.29, 0.717) is 28.4 Å². The van der Waals surface area contributed by atoms with Gasteiger partial charge in [-0.15, -0.1) is 0 Å². The van der Waals surface area contributed by atoms with Crippen molar-refractivity contribution in [1.82, 2.24) is 0 Å². The number of anilines is 1. The van der Waals surface area contributed by atoms with Gasteiger partial charge in [-0.1, -0.05) is 36.7 Å². The number of fused-ring (bicyclic) bond motifs is 1. The van der Waals surface area contributed by atoms with Crippen molar-refractivity contribution in [3.63, 3.8) is 0 Å². The predicted octanol–water partition coefficient (Wildman–Crippen LogP) is 4.30. The summed E-state index contributed by atoms with van der Waals surface area (Å²) >= 11 is 5.84. The van der Waals surface area contributed by atoms with E-state index in [-0.39, 0.29) is 42.0 Å². The fraction of sp³-hybridized carbons (Fsp3) is 0.261. The van der Waals surface area contributed by atoms with Crippen LogP contribution in [0.2, 0.25) is 5.02 Å². The molecule has 1 saturated heterocycles. The van der Waals surface area contributed by atoms with Crippen molar-refractivity contribution in [2.75, 3.05) is 11.5 Å². The standard InChI is InChI=1S/C23H20ClNO4/c1-14-4-2-7-19-21(14)23(28)25(22(19)27)17-5-3-6-18(12-17)29-13-20(26)15-8-10-16(24)11-9-15/h2-6,8-12,14,19,21H,7,13H2,1H3/t14-,19-,21+/m0/s1. The quantitative estimate of drug-likeness (QED) is 0.419. The maximum Gasteiger partial charge on any atom is 0.238 e. The van der Waals surface area contributed by atoms with Crippen LogP contribution in [0.25, 0.3) is 0 Å². The molecule has 6 heteroatoms. The first-order valence-corrected chi connectivity index (χ1v) is 9.89. The van der Waals surface area contributed by atoms with E-state index in [2.05, 4.69) is 0 Å². The number of hydrogen-bond donors (Lipinski definition) is 0. The summed E-state index contributed by atoms with van der Waals surface area (Å²) in [5.74, 6) is -0.705. The molecule has 1 aliphatic heterocycles. The van der Waals surface area contributed by atoms with Crippen LogP contribution < -0.4 is 9.64 Å². The Hall–Kier alpha value is -2.92. The molecule has 2 aliphatic rings. The van der Waals surface area contributed by atoms with E-state index in [1.54, 1.807) is 48.5 Å². The van der Waals surface area contributed by atoms with Gasteiger partial charge >= 0.3 is 0 Å². The molecule has 1 fully saturated rings. The summed E-state index contributed by atoms with van der Waals surface area (Å²) in [5.41, 5.74) is 0.971. The first-order valence-electron chi connectivity index (χ1n) is 9.52. The fourth-order valence-corrected chi connectivity index (χ4v) is 4.11. The summed E-state index contributed by atoms with van der Waals surface area (Å²) < 4.78 is 5.62. The zero-order chi connectivity index (χ0) is 20.5. The van der Waals surface area contributed by atoms with E-state index in [1.807, 2.05) is 19.1 Å². The SMILES string of the molecule is C[C@H]1C=CC[C@@H]2C(=O)N(c3cccc(OCC(=O)c4ccc(Cl)cc4)c3)C(=O)[C@@H]21. The highest BCUT2D eigenvalue weighted by molar-refractivity contribution is 6.30. The minimum Gasteiger partial charge on any atom is -0.485 e. The van der Waals surface area contributed by atoms with E-state index in [4.69, 9.17) is 16.3 Å². The van der Waals surface area contributed by atoms with Crippen molar-refractivity contribution in [3.8, 4) is 5.75 Å². The largest absolute Gasteiger partial charge is 0.485 e. The van der Waals surface area contributed by atoms with Gasteiger partial charge in [0, 0.05) is 16.7 Å². The number of carbonyl (C=O) groups is 3. The Labute approximate surface area is 173 Å². The molecule has 29 heavy (non-hydrogen) atoms. The summed E-state index contributed by atoms with van der Waals surface area (Å²) in [6.45, 7) is 1.81. The number of benzene rings is 2. The second-order valence-corrected chi connectivity index (χ2v) is 7.82. The molecule has 3 atom stereocenters. The highest BCUT2D eigenvalue weighted by Crippen LogP contribution is 2.40. The number of imide groups is 1. The molecule has 0 spiro atoms. The lowest BCUT2D eigenvalue weighted by Crippen LogP contribution is -2.31. The van der Waals surface area contributed by atoms with Crippen LogP contribution in [0.5, 0.6) is 5.75 Å². The summed E-state index contributed by atoms with van der Waals surface area (Å²) in [5, 5.41) is 0.556. The van der Waals surface area contributed by atoms with Crippen molar-refractivity contribution < 1.29 is 19.1 Å². The molecule has 0 unspecified atom stereocenters. The van der Waals surface area contributed by atoms with Gasteiger partial charge in [0.25, 0.3) is 0 Å². The third-order valence-electron chi connectivity index (χ3n) is 5.48. The van der Waals surface area contributed by atoms with Crippen LogP contribution in [0.3, 0.4) is 0 Å². The molecule has 5 nitrogen and oxygen atoms in total. The Bertz CT molecular complexity index is 998. The van der Waals surface area contributed by atoms with Gasteiger partial charge in [-0.05, 0) is 48.7 Å². The highest BCUT2D eigenvalue weighted by atomic mass is 35.5. The van der Waals surface area contributed by atoms with Crippen LogP contribution in [0.1, 0.15) is 23.7 Å². The molecule has 2 aromatic carbocycles. The number of hydrogen-bond acceptors (Lipinski definition) is 4. The third kappa shape index (κ3) is 3.70. The first kappa shape index (κ1) is 19.4. The lowest BCUT2D eigenvalue weighted by Gasteiger charge is -2.22. The number of Topliss-reactive ketones (excluding diaryl/α,β-unsaturated/α-hetero) is 1. The monoisotopic (exact) mass is 409 g/mol. The fourth-order valence-electron chi connectivity index (χ4n) is 3.98. The predicted molar refractivity (Wildman–Crippen MR) is 110 cm³/mol. The minimum atomic E-state index is -0.316. The average molecular weight is 410 g/mol. The Balaban J connectivity index is 1.49. The van der Waals surface area contributed by atoms with Gasteiger partial charge < -0.3 is 4.74 Å². The second kappa shape index (κ2) is 7.84. The Morgan fingerprint density at radius 2 is 1.90 bits per heavy atom. The number of ketones is 1. The Morgan fingerprint density at radius 3 is 2.62 bits per heavy atom. The van der Waals surface area contributed by atoms with Crippen LogP contribution >= 0.6 is 11.6 Å². The van der Waals surface area contributed by atoms with E-state index in [9.17, 15) is 14.4 Å².